The number of nitrogens with one attached hydrogen (secondary N) is 2. The predicted octanol–water partition coefficient (Wildman–Crippen LogP) is 2.40. The van der Waals surface area contributed by atoms with Gasteiger partial charge in [0, 0.05) is 38.3 Å². The SMILES string of the molecule is CCC(C)NC(=NC)NCc1ccc(C(=O)N2CC(C)OC(C)C2)cc1. The number of aliphatic imine (C=N–C) groups is 1. The molecular formula is C20H32N4O2. The first-order valence-corrected chi connectivity index (χ1v) is 9.43. The third-order valence-corrected chi connectivity index (χ3v) is 4.59. The number of rotatable bonds is 5. The molecule has 3 atom stereocenters. The average Bonchev–Trinajstić information content (AvgIpc) is 2.63. The Morgan fingerprint density at radius 2 is 1.88 bits per heavy atom. The zero-order chi connectivity index (χ0) is 19.1. The molecule has 0 radical (unpaired) electrons. The van der Waals surface area contributed by atoms with E-state index in [2.05, 4.69) is 29.5 Å². The van der Waals surface area contributed by atoms with Gasteiger partial charge in [-0.3, -0.25) is 9.79 Å². The van der Waals surface area contributed by atoms with E-state index >= 15 is 0 Å². The fourth-order valence-electron chi connectivity index (χ4n) is 3.01. The van der Waals surface area contributed by atoms with Crippen molar-refractivity contribution in [1.29, 1.82) is 0 Å². The molecule has 6 nitrogen and oxygen atoms in total. The molecular weight excluding hydrogens is 328 g/mol. The molecule has 2 N–H and O–H groups in total. The molecule has 0 aromatic heterocycles. The fourth-order valence-corrected chi connectivity index (χ4v) is 3.01. The number of morpholine rings is 1. The highest BCUT2D eigenvalue weighted by atomic mass is 16.5. The molecule has 0 aliphatic carbocycles. The minimum absolute atomic E-state index is 0.0701. The summed E-state index contributed by atoms with van der Waals surface area (Å²) in [6.07, 6.45) is 1.20. The molecule has 0 bridgehead atoms. The summed E-state index contributed by atoms with van der Waals surface area (Å²) in [5.74, 6) is 0.858. The molecule has 1 aromatic rings. The van der Waals surface area contributed by atoms with Crippen LogP contribution < -0.4 is 10.6 Å². The van der Waals surface area contributed by atoms with Crippen LogP contribution in [0.3, 0.4) is 0 Å². The monoisotopic (exact) mass is 360 g/mol. The standard InChI is InChI=1S/C20H32N4O2/c1-6-14(2)23-20(21-5)22-11-17-7-9-18(10-8-17)19(25)24-12-15(3)26-16(4)13-24/h7-10,14-16H,6,11-13H2,1-5H3,(H2,21,22,23). The maximum Gasteiger partial charge on any atom is 0.254 e. The lowest BCUT2D eigenvalue weighted by Crippen LogP contribution is -2.48. The van der Waals surface area contributed by atoms with Gasteiger partial charge in [-0.25, -0.2) is 0 Å². The lowest BCUT2D eigenvalue weighted by Gasteiger charge is -2.35. The van der Waals surface area contributed by atoms with Crippen LogP contribution in [0.1, 0.15) is 50.0 Å². The number of amides is 1. The Balaban J connectivity index is 1.92. The Labute approximate surface area is 157 Å². The Kier molecular flexibility index (Phi) is 7.45. The quantitative estimate of drug-likeness (QED) is 0.625. The number of hydrogen-bond acceptors (Lipinski definition) is 3. The van der Waals surface area contributed by atoms with Crippen molar-refractivity contribution in [2.45, 2.75) is 58.9 Å². The number of ether oxygens (including phenoxy) is 1. The van der Waals surface area contributed by atoms with Crippen molar-refractivity contribution in [1.82, 2.24) is 15.5 Å². The fraction of sp³-hybridized carbons (Fsp3) is 0.600. The van der Waals surface area contributed by atoms with Crippen LogP contribution in [0.4, 0.5) is 0 Å². The minimum Gasteiger partial charge on any atom is -0.372 e. The Bertz CT molecular complexity index is 605. The van der Waals surface area contributed by atoms with Gasteiger partial charge in [-0.05, 0) is 44.9 Å². The van der Waals surface area contributed by atoms with Crippen LogP contribution in [0.2, 0.25) is 0 Å². The van der Waals surface area contributed by atoms with E-state index in [1.807, 2.05) is 43.0 Å². The van der Waals surface area contributed by atoms with E-state index in [-0.39, 0.29) is 18.1 Å². The third-order valence-electron chi connectivity index (χ3n) is 4.59. The Hall–Kier alpha value is -2.08. The van der Waals surface area contributed by atoms with Crippen LogP contribution in [0, 0.1) is 0 Å². The normalized spacial score (nSPS) is 22.0. The summed E-state index contributed by atoms with van der Waals surface area (Å²) >= 11 is 0. The van der Waals surface area contributed by atoms with Crippen LogP contribution in [-0.2, 0) is 11.3 Å². The summed E-state index contributed by atoms with van der Waals surface area (Å²) in [5.41, 5.74) is 1.83. The molecule has 0 spiro atoms. The van der Waals surface area contributed by atoms with Crippen LogP contribution in [0.25, 0.3) is 0 Å². The highest BCUT2D eigenvalue weighted by Crippen LogP contribution is 2.15. The zero-order valence-corrected chi connectivity index (χ0v) is 16.6. The first-order chi connectivity index (χ1) is 12.4. The largest absolute Gasteiger partial charge is 0.372 e. The van der Waals surface area contributed by atoms with Gasteiger partial charge in [0.2, 0.25) is 0 Å². The second-order valence-electron chi connectivity index (χ2n) is 7.04. The van der Waals surface area contributed by atoms with Crippen LogP contribution in [-0.4, -0.2) is 55.2 Å². The maximum absolute atomic E-state index is 12.7. The van der Waals surface area contributed by atoms with Crippen LogP contribution >= 0.6 is 0 Å². The molecule has 144 valence electrons. The smallest absolute Gasteiger partial charge is 0.254 e. The lowest BCUT2D eigenvalue weighted by molar-refractivity contribution is -0.0586. The zero-order valence-electron chi connectivity index (χ0n) is 16.6. The molecule has 2 rings (SSSR count). The van der Waals surface area contributed by atoms with Crippen molar-refractivity contribution in [2.75, 3.05) is 20.1 Å². The van der Waals surface area contributed by atoms with Crippen molar-refractivity contribution in [3.8, 4) is 0 Å². The number of carbonyl (C=O) groups is 1. The van der Waals surface area contributed by atoms with Gasteiger partial charge in [0.1, 0.15) is 0 Å². The average molecular weight is 361 g/mol. The van der Waals surface area contributed by atoms with Gasteiger partial charge in [0.05, 0.1) is 12.2 Å². The van der Waals surface area contributed by atoms with Crippen molar-refractivity contribution >= 4 is 11.9 Å². The van der Waals surface area contributed by atoms with Crippen LogP contribution in [0.5, 0.6) is 0 Å². The van der Waals surface area contributed by atoms with Crippen molar-refractivity contribution in [3.63, 3.8) is 0 Å². The first-order valence-electron chi connectivity index (χ1n) is 9.43. The minimum atomic E-state index is 0.0701. The number of carbonyl (C=O) groups excluding carboxylic acids is 1. The van der Waals surface area contributed by atoms with Crippen molar-refractivity contribution in [3.05, 3.63) is 35.4 Å². The third kappa shape index (κ3) is 5.73. The van der Waals surface area contributed by atoms with Crippen LogP contribution in [0.15, 0.2) is 29.3 Å². The van der Waals surface area contributed by atoms with Crippen molar-refractivity contribution in [2.24, 2.45) is 4.99 Å². The second-order valence-corrected chi connectivity index (χ2v) is 7.04. The summed E-state index contributed by atoms with van der Waals surface area (Å²) in [6, 6.07) is 8.15. The summed E-state index contributed by atoms with van der Waals surface area (Å²) in [6.45, 7) is 10.2. The van der Waals surface area contributed by atoms with Gasteiger partial charge in [-0.15, -0.1) is 0 Å². The maximum atomic E-state index is 12.7. The number of nitrogens with zero attached hydrogens (tertiary/aromatic N) is 2. The molecule has 3 unspecified atom stereocenters. The number of hydrogen-bond donors (Lipinski definition) is 2. The summed E-state index contributed by atoms with van der Waals surface area (Å²) < 4.78 is 5.70. The first kappa shape index (κ1) is 20.2. The molecule has 1 fully saturated rings. The summed E-state index contributed by atoms with van der Waals surface area (Å²) in [4.78, 5) is 18.8. The molecule has 1 heterocycles. The Morgan fingerprint density at radius 1 is 1.27 bits per heavy atom. The number of guanidine groups is 1. The van der Waals surface area contributed by atoms with E-state index in [4.69, 9.17) is 4.74 Å². The van der Waals surface area contributed by atoms with Gasteiger partial charge in [0.15, 0.2) is 5.96 Å². The molecule has 1 saturated heterocycles. The molecule has 1 aromatic carbocycles. The van der Waals surface area contributed by atoms with Gasteiger partial charge in [-0.2, -0.15) is 0 Å². The molecule has 1 aliphatic rings. The lowest BCUT2D eigenvalue weighted by atomic mass is 10.1. The van der Waals surface area contributed by atoms with Gasteiger partial charge >= 0.3 is 0 Å². The van der Waals surface area contributed by atoms with Gasteiger partial charge < -0.3 is 20.3 Å². The molecule has 0 saturated carbocycles. The highest BCUT2D eigenvalue weighted by Gasteiger charge is 2.26. The van der Waals surface area contributed by atoms with E-state index in [1.165, 1.54) is 0 Å². The van der Waals surface area contributed by atoms with E-state index in [1.54, 1.807) is 7.05 Å². The number of benzene rings is 1. The topological polar surface area (TPSA) is 66.0 Å². The van der Waals surface area contributed by atoms with Gasteiger partial charge in [-0.1, -0.05) is 19.1 Å². The molecule has 26 heavy (non-hydrogen) atoms. The van der Waals surface area contributed by atoms with Gasteiger partial charge in [0.25, 0.3) is 5.91 Å². The highest BCUT2D eigenvalue weighted by molar-refractivity contribution is 5.94. The predicted molar refractivity (Wildman–Crippen MR) is 105 cm³/mol. The van der Waals surface area contributed by atoms with E-state index in [0.29, 0.717) is 25.7 Å². The molecule has 1 amide bonds. The van der Waals surface area contributed by atoms with E-state index < -0.39 is 0 Å². The molecule has 6 heteroatoms. The summed E-state index contributed by atoms with van der Waals surface area (Å²) in [7, 11) is 1.77. The second kappa shape index (κ2) is 9.57. The van der Waals surface area contributed by atoms with E-state index in [0.717, 1.165) is 23.5 Å². The van der Waals surface area contributed by atoms with E-state index in [9.17, 15) is 4.79 Å². The Morgan fingerprint density at radius 3 is 2.42 bits per heavy atom. The van der Waals surface area contributed by atoms with Crippen molar-refractivity contribution < 1.29 is 9.53 Å². The molecule has 1 aliphatic heterocycles. The summed E-state index contributed by atoms with van der Waals surface area (Å²) in [5, 5.41) is 6.64.